The van der Waals surface area contributed by atoms with Gasteiger partial charge in [0, 0.05) is 15.8 Å². The van der Waals surface area contributed by atoms with Gasteiger partial charge < -0.3 is 5.32 Å². The zero-order valence-electron chi connectivity index (χ0n) is 11.9. The lowest BCUT2D eigenvalue weighted by molar-refractivity contribution is 0.334. The van der Waals surface area contributed by atoms with E-state index in [0.29, 0.717) is 6.04 Å². The van der Waals surface area contributed by atoms with Crippen molar-refractivity contribution in [3.8, 4) is 0 Å². The van der Waals surface area contributed by atoms with Crippen molar-refractivity contribution in [3.63, 3.8) is 0 Å². The molecule has 0 bridgehead atoms. The first-order chi connectivity index (χ1) is 8.83. The number of aryl methyl sites for hydroxylation is 1. The molecule has 1 N–H and O–H groups in total. The first-order valence-corrected chi connectivity index (χ1v) is 8.40. The molecule has 0 amide bonds. The highest BCUT2D eigenvalue weighted by molar-refractivity contribution is 7.11. The molecule has 1 aliphatic rings. The Morgan fingerprint density at radius 3 is 2.39 bits per heavy atom. The number of rotatable bonds is 5. The number of thiophene rings is 1. The molecule has 2 heteroatoms. The number of hydrogen-bond acceptors (Lipinski definition) is 2. The number of nitrogens with one attached hydrogen (secondary N) is 1. The lowest BCUT2D eigenvalue weighted by Gasteiger charge is -2.25. The monoisotopic (exact) mass is 265 g/mol. The largest absolute Gasteiger partial charge is 0.316 e. The van der Waals surface area contributed by atoms with Gasteiger partial charge in [0.1, 0.15) is 0 Å². The SMILES string of the molecule is CCc1ccc(CC(NC)C2CCCCCC2)s1. The molecule has 0 aromatic carbocycles. The van der Waals surface area contributed by atoms with Gasteiger partial charge in [0.25, 0.3) is 0 Å². The van der Waals surface area contributed by atoms with Crippen LogP contribution in [-0.2, 0) is 12.8 Å². The van der Waals surface area contributed by atoms with Gasteiger partial charge in [-0.3, -0.25) is 0 Å². The Morgan fingerprint density at radius 2 is 1.83 bits per heavy atom. The average Bonchev–Trinajstić information content (AvgIpc) is 2.68. The van der Waals surface area contributed by atoms with E-state index in [-0.39, 0.29) is 0 Å². The van der Waals surface area contributed by atoms with Crippen molar-refractivity contribution in [2.75, 3.05) is 7.05 Å². The van der Waals surface area contributed by atoms with E-state index in [1.165, 1.54) is 56.2 Å². The first kappa shape index (κ1) is 14.1. The summed E-state index contributed by atoms with van der Waals surface area (Å²) in [6, 6.07) is 5.33. The molecule has 0 radical (unpaired) electrons. The van der Waals surface area contributed by atoms with E-state index in [0.717, 1.165) is 5.92 Å². The molecule has 1 aromatic heterocycles. The first-order valence-electron chi connectivity index (χ1n) is 7.58. The second-order valence-electron chi connectivity index (χ2n) is 5.57. The summed E-state index contributed by atoms with van der Waals surface area (Å²) < 4.78 is 0. The summed E-state index contributed by atoms with van der Waals surface area (Å²) in [5.41, 5.74) is 0. The molecule has 2 rings (SSSR count). The normalized spacial score (nSPS) is 19.7. The third-order valence-electron chi connectivity index (χ3n) is 4.33. The summed E-state index contributed by atoms with van der Waals surface area (Å²) in [6.07, 6.45) is 11.0. The van der Waals surface area contributed by atoms with E-state index < -0.39 is 0 Å². The summed E-state index contributed by atoms with van der Waals surface area (Å²) in [6.45, 7) is 2.25. The molecular weight excluding hydrogens is 238 g/mol. The summed E-state index contributed by atoms with van der Waals surface area (Å²) in [5, 5.41) is 3.58. The van der Waals surface area contributed by atoms with E-state index in [9.17, 15) is 0 Å². The molecule has 1 heterocycles. The zero-order chi connectivity index (χ0) is 12.8. The maximum Gasteiger partial charge on any atom is 0.0141 e. The maximum absolute atomic E-state index is 3.58. The minimum Gasteiger partial charge on any atom is -0.316 e. The molecule has 102 valence electrons. The van der Waals surface area contributed by atoms with Crippen LogP contribution in [0, 0.1) is 5.92 Å². The number of hydrogen-bond donors (Lipinski definition) is 1. The van der Waals surface area contributed by atoms with Gasteiger partial charge in [-0.25, -0.2) is 0 Å². The number of likely N-dealkylation sites (N-methyl/N-ethyl adjacent to an activating group) is 1. The Kier molecular flexibility index (Phi) is 5.71. The highest BCUT2D eigenvalue weighted by atomic mass is 32.1. The molecule has 1 atom stereocenters. The van der Waals surface area contributed by atoms with Gasteiger partial charge in [0.2, 0.25) is 0 Å². The van der Waals surface area contributed by atoms with Gasteiger partial charge in [-0.05, 0) is 50.8 Å². The van der Waals surface area contributed by atoms with Crippen LogP contribution >= 0.6 is 11.3 Å². The van der Waals surface area contributed by atoms with Gasteiger partial charge >= 0.3 is 0 Å². The van der Waals surface area contributed by atoms with Crippen molar-refractivity contribution in [1.82, 2.24) is 5.32 Å². The van der Waals surface area contributed by atoms with Gasteiger partial charge in [0.05, 0.1) is 0 Å². The van der Waals surface area contributed by atoms with Crippen LogP contribution in [-0.4, -0.2) is 13.1 Å². The lowest BCUT2D eigenvalue weighted by Crippen LogP contribution is -2.35. The third-order valence-corrected chi connectivity index (χ3v) is 5.58. The lowest BCUT2D eigenvalue weighted by atomic mass is 9.89. The summed E-state index contributed by atoms with van der Waals surface area (Å²) in [7, 11) is 2.14. The van der Waals surface area contributed by atoms with Crippen molar-refractivity contribution < 1.29 is 0 Å². The fourth-order valence-corrected chi connectivity index (χ4v) is 4.17. The molecule has 1 aliphatic carbocycles. The molecule has 0 aliphatic heterocycles. The average molecular weight is 265 g/mol. The van der Waals surface area contributed by atoms with Crippen molar-refractivity contribution >= 4 is 11.3 Å². The molecular formula is C16H27NS. The van der Waals surface area contributed by atoms with Crippen LogP contribution in [0.3, 0.4) is 0 Å². The van der Waals surface area contributed by atoms with E-state index in [2.05, 4.69) is 31.4 Å². The van der Waals surface area contributed by atoms with Crippen LogP contribution in [0.4, 0.5) is 0 Å². The molecule has 18 heavy (non-hydrogen) atoms. The quantitative estimate of drug-likeness (QED) is 0.778. The Hall–Kier alpha value is -0.340. The highest BCUT2D eigenvalue weighted by Gasteiger charge is 2.22. The van der Waals surface area contributed by atoms with Crippen molar-refractivity contribution in [1.29, 1.82) is 0 Å². The van der Waals surface area contributed by atoms with E-state index in [1.54, 1.807) is 4.88 Å². The topological polar surface area (TPSA) is 12.0 Å². The second kappa shape index (κ2) is 7.30. The van der Waals surface area contributed by atoms with Crippen LogP contribution < -0.4 is 5.32 Å². The Bertz CT molecular complexity index is 337. The van der Waals surface area contributed by atoms with E-state index in [1.807, 2.05) is 11.3 Å². The van der Waals surface area contributed by atoms with Gasteiger partial charge in [-0.2, -0.15) is 0 Å². The van der Waals surface area contributed by atoms with E-state index >= 15 is 0 Å². The van der Waals surface area contributed by atoms with Crippen LogP contribution in [0.2, 0.25) is 0 Å². The molecule has 0 saturated heterocycles. The Morgan fingerprint density at radius 1 is 1.17 bits per heavy atom. The predicted molar refractivity (Wildman–Crippen MR) is 81.4 cm³/mol. The fourth-order valence-electron chi connectivity index (χ4n) is 3.16. The summed E-state index contributed by atoms with van der Waals surface area (Å²) >= 11 is 2.01. The predicted octanol–water partition coefficient (Wildman–Crippen LogP) is 4.41. The Labute approximate surface area is 116 Å². The van der Waals surface area contributed by atoms with Gasteiger partial charge in [-0.15, -0.1) is 11.3 Å². The molecule has 1 fully saturated rings. The van der Waals surface area contributed by atoms with Crippen LogP contribution in [0.1, 0.15) is 55.2 Å². The highest BCUT2D eigenvalue weighted by Crippen LogP contribution is 2.28. The van der Waals surface area contributed by atoms with Crippen LogP contribution in [0.5, 0.6) is 0 Å². The van der Waals surface area contributed by atoms with E-state index in [4.69, 9.17) is 0 Å². The minimum absolute atomic E-state index is 0.687. The zero-order valence-corrected chi connectivity index (χ0v) is 12.7. The molecule has 0 spiro atoms. The molecule has 1 nitrogen and oxygen atoms in total. The van der Waals surface area contributed by atoms with Gasteiger partial charge in [0.15, 0.2) is 0 Å². The summed E-state index contributed by atoms with van der Waals surface area (Å²) in [5.74, 6) is 0.893. The van der Waals surface area contributed by atoms with Crippen LogP contribution in [0.15, 0.2) is 12.1 Å². The van der Waals surface area contributed by atoms with Crippen molar-refractivity contribution in [2.24, 2.45) is 5.92 Å². The molecule has 1 aromatic rings. The minimum atomic E-state index is 0.687. The fraction of sp³-hybridized carbons (Fsp3) is 0.750. The van der Waals surface area contributed by atoms with Crippen LogP contribution in [0.25, 0.3) is 0 Å². The molecule has 1 unspecified atom stereocenters. The smallest absolute Gasteiger partial charge is 0.0141 e. The van der Waals surface area contributed by atoms with Gasteiger partial charge in [-0.1, -0.05) is 32.6 Å². The molecule has 1 saturated carbocycles. The van der Waals surface area contributed by atoms with Crippen molar-refractivity contribution in [2.45, 2.75) is 64.3 Å². The standard InChI is InChI=1S/C16H27NS/c1-3-14-10-11-15(18-14)12-16(17-2)13-8-6-4-5-7-9-13/h10-11,13,16-17H,3-9,12H2,1-2H3. The van der Waals surface area contributed by atoms with Crippen molar-refractivity contribution in [3.05, 3.63) is 21.9 Å². The Balaban J connectivity index is 1.94. The second-order valence-corrected chi connectivity index (χ2v) is 6.83. The third kappa shape index (κ3) is 3.83. The summed E-state index contributed by atoms with van der Waals surface area (Å²) in [4.78, 5) is 3.09. The maximum atomic E-state index is 3.58.